The molecule has 1 aromatic heterocycles. The van der Waals surface area contributed by atoms with Crippen molar-refractivity contribution in [2.24, 2.45) is 0 Å². The molecule has 1 aliphatic heterocycles. The van der Waals surface area contributed by atoms with E-state index in [1.165, 1.54) is 0 Å². The predicted molar refractivity (Wildman–Crippen MR) is 58.3 cm³/mol. The summed E-state index contributed by atoms with van der Waals surface area (Å²) in [5.74, 6) is 0. The number of nitrogens with two attached hydrogens (primary N) is 1. The maximum atomic E-state index is 5.83. The fraction of sp³-hybridized carbons (Fsp3) is 0.500. The molecule has 76 valence electrons. The summed E-state index contributed by atoms with van der Waals surface area (Å²) in [5.41, 5.74) is 7.71. The van der Waals surface area contributed by atoms with Gasteiger partial charge in [-0.3, -0.25) is 4.98 Å². The highest BCUT2D eigenvalue weighted by Gasteiger charge is 2.29. The molecule has 0 bridgehead atoms. The lowest BCUT2D eigenvalue weighted by Crippen LogP contribution is -2.57. The van der Waals surface area contributed by atoms with Crippen molar-refractivity contribution in [2.45, 2.75) is 6.04 Å². The quantitative estimate of drug-likeness (QED) is 0.737. The Morgan fingerprint density at radius 2 is 2.21 bits per heavy atom. The van der Waals surface area contributed by atoms with Gasteiger partial charge in [-0.2, -0.15) is 0 Å². The molecule has 2 heterocycles. The molecule has 14 heavy (non-hydrogen) atoms. The first-order valence-corrected chi connectivity index (χ1v) is 4.79. The monoisotopic (exact) mass is 192 g/mol. The summed E-state index contributed by atoms with van der Waals surface area (Å²) in [5, 5.41) is 0. The minimum Gasteiger partial charge on any atom is -0.396 e. The van der Waals surface area contributed by atoms with E-state index in [4.69, 9.17) is 5.73 Å². The Kier molecular flexibility index (Phi) is 2.29. The summed E-state index contributed by atoms with van der Waals surface area (Å²) in [6.07, 6.45) is 3.49. The zero-order valence-corrected chi connectivity index (χ0v) is 8.64. The van der Waals surface area contributed by atoms with Crippen LogP contribution in [0.3, 0.4) is 0 Å². The second-order valence-corrected chi connectivity index (χ2v) is 3.96. The maximum absolute atomic E-state index is 5.83. The first-order chi connectivity index (χ1) is 6.68. The van der Waals surface area contributed by atoms with Gasteiger partial charge >= 0.3 is 0 Å². The molecule has 0 saturated carbocycles. The molecular weight excluding hydrogens is 176 g/mol. The van der Waals surface area contributed by atoms with Crippen LogP contribution in [0, 0.1) is 0 Å². The minimum absolute atomic E-state index is 0.655. The van der Waals surface area contributed by atoms with Crippen LogP contribution in [0.25, 0.3) is 0 Å². The van der Waals surface area contributed by atoms with Crippen molar-refractivity contribution in [3.05, 3.63) is 18.5 Å². The van der Waals surface area contributed by atoms with Gasteiger partial charge in [-0.05, 0) is 20.2 Å². The number of aromatic nitrogens is 1. The Morgan fingerprint density at radius 1 is 1.50 bits per heavy atom. The first-order valence-electron chi connectivity index (χ1n) is 4.79. The number of hydrogen-bond donors (Lipinski definition) is 1. The van der Waals surface area contributed by atoms with Crippen molar-refractivity contribution in [1.29, 1.82) is 0 Å². The summed E-state index contributed by atoms with van der Waals surface area (Å²) in [6, 6.07) is 2.63. The van der Waals surface area contributed by atoms with E-state index in [0.29, 0.717) is 6.04 Å². The van der Waals surface area contributed by atoms with E-state index in [9.17, 15) is 0 Å². The van der Waals surface area contributed by atoms with E-state index < -0.39 is 0 Å². The third kappa shape index (κ3) is 1.53. The highest BCUT2D eigenvalue weighted by atomic mass is 15.3. The summed E-state index contributed by atoms with van der Waals surface area (Å²) in [4.78, 5) is 8.50. The van der Waals surface area contributed by atoms with Gasteiger partial charge in [-0.15, -0.1) is 0 Å². The van der Waals surface area contributed by atoms with Crippen LogP contribution in [0.4, 0.5) is 11.4 Å². The van der Waals surface area contributed by atoms with Gasteiger partial charge < -0.3 is 15.5 Å². The van der Waals surface area contributed by atoms with Crippen molar-refractivity contribution in [3.63, 3.8) is 0 Å². The van der Waals surface area contributed by atoms with E-state index in [1.807, 2.05) is 6.07 Å². The second kappa shape index (κ2) is 3.46. The number of nitrogen functional groups attached to an aromatic ring is 1. The average molecular weight is 192 g/mol. The van der Waals surface area contributed by atoms with Crippen LogP contribution in [-0.2, 0) is 0 Å². The van der Waals surface area contributed by atoms with Crippen molar-refractivity contribution in [3.8, 4) is 0 Å². The zero-order chi connectivity index (χ0) is 10.1. The molecule has 2 rings (SSSR count). The Labute approximate surface area is 84.3 Å². The van der Waals surface area contributed by atoms with Gasteiger partial charge in [0.15, 0.2) is 0 Å². The third-order valence-electron chi connectivity index (χ3n) is 2.76. The topological polar surface area (TPSA) is 45.4 Å². The molecule has 0 spiro atoms. The van der Waals surface area contributed by atoms with Crippen molar-refractivity contribution in [1.82, 2.24) is 9.88 Å². The third-order valence-corrected chi connectivity index (χ3v) is 2.76. The van der Waals surface area contributed by atoms with Gasteiger partial charge in [0.2, 0.25) is 0 Å². The first kappa shape index (κ1) is 9.27. The van der Waals surface area contributed by atoms with Crippen molar-refractivity contribution >= 4 is 11.4 Å². The summed E-state index contributed by atoms with van der Waals surface area (Å²) in [6.45, 7) is 2.11. The molecule has 1 fully saturated rings. The van der Waals surface area contributed by atoms with E-state index in [-0.39, 0.29) is 0 Å². The van der Waals surface area contributed by atoms with Gasteiger partial charge in [0.05, 0.1) is 17.6 Å². The molecule has 1 aromatic rings. The number of likely N-dealkylation sites (N-methyl/N-ethyl adjacent to an activating group) is 1. The number of hydrogen-bond acceptors (Lipinski definition) is 4. The van der Waals surface area contributed by atoms with E-state index in [0.717, 1.165) is 24.5 Å². The normalized spacial score (nSPS) is 17.2. The van der Waals surface area contributed by atoms with Gasteiger partial charge in [-0.25, -0.2) is 0 Å². The SMILES string of the molecule is CN(C)C1CN(c2ccncc2N)C1. The Bertz CT molecular complexity index is 318. The van der Waals surface area contributed by atoms with Crippen LogP contribution >= 0.6 is 0 Å². The van der Waals surface area contributed by atoms with Gasteiger partial charge in [-0.1, -0.05) is 0 Å². The highest BCUT2D eigenvalue weighted by Crippen LogP contribution is 2.27. The number of anilines is 2. The zero-order valence-electron chi connectivity index (χ0n) is 8.64. The van der Waals surface area contributed by atoms with E-state index >= 15 is 0 Å². The number of pyridine rings is 1. The molecule has 4 nitrogen and oxygen atoms in total. The standard InChI is InChI=1S/C10H16N4/c1-13(2)8-6-14(7-8)10-3-4-12-5-9(10)11/h3-5,8H,6-7,11H2,1-2H3. The van der Waals surface area contributed by atoms with Gasteiger partial charge in [0.1, 0.15) is 0 Å². The Hall–Kier alpha value is -1.29. The second-order valence-electron chi connectivity index (χ2n) is 3.96. The molecule has 0 atom stereocenters. The highest BCUT2D eigenvalue weighted by molar-refractivity contribution is 5.67. The van der Waals surface area contributed by atoms with Crippen LogP contribution in [0.5, 0.6) is 0 Å². The summed E-state index contributed by atoms with van der Waals surface area (Å²) < 4.78 is 0. The maximum Gasteiger partial charge on any atom is 0.0738 e. The van der Waals surface area contributed by atoms with Crippen LogP contribution in [0.1, 0.15) is 0 Å². The minimum atomic E-state index is 0.655. The lowest BCUT2D eigenvalue weighted by atomic mass is 10.1. The smallest absolute Gasteiger partial charge is 0.0738 e. The molecule has 1 saturated heterocycles. The van der Waals surface area contributed by atoms with Gasteiger partial charge in [0.25, 0.3) is 0 Å². The number of rotatable bonds is 2. The van der Waals surface area contributed by atoms with Crippen LogP contribution < -0.4 is 10.6 Å². The lowest BCUT2D eigenvalue weighted by molar-refractivity contribution is 0.247. The predicted octanol–water partition coefficient (Wildman–Crippen LogP) is 0.414. The van der Waals surface area contributed by atoms with E-state index in [1.54, 1.807) is 12.4 Å². The average Bonchev–Trinajstić information content (AvgIpc) is 2.05. The molecule has 0 aliphatic carbocycles. The molecule has 0 aromatic carbocycles. The molecule has 0 unspecified atom stereocenters. The van der Waals surface area contributed by atoms with Crippen LogP contribution in [0.2, 0.25) is 0 Å². The Morgan fingerprint density at radius 3 is 2.79 bits per heavy atom. The summed E-state index contributed by atoms with van der Waals surface area (Å²) in [7, 11) is 4.22. The molecule has 0 radical (unpaired) electrons. The van der Waals surface area contributed by atoms with Crippen molar-refractivity contribution < 1.29 is 0 Å². The fourth-order valence-corrected chi connectivity index (χ4v) is 1.67. The van der Waals surface area contributed by atoms with Gasteiger partial charge in [0, 0.05) is 25.3 Å². The van der Waals surface area contributed by atoms with Crippen LogP contribution in [-0.4, -0.2) is 43.1 Å². The molecule has 4 heteroatoms. The lowest BCUT2D eigenvalue weighted by Gasteiger charge is -2.44. The Balaban J connectivity index is 2.03. The van der Waals surface area contributed by atoms with E-state index in [2.05, 4.69) is 28.9 Å². The number of nitrogens with zero attached hydrogens (tertiary/aromatic N) is 3. The largest absolute Gasteiger partial charge is 0.396 e. The molecule has 0 amide bonds. The molecular formula is C10H16N4. The molecule has 2 N–H and O–H groups in total. The fourth-order valence-electron chi connectivity index (χ4n) is 1.67. The van der Waals surface area contributed by atoms with Crippen LogP contribution in [0.15, 0.2) is 18.5 Å². The summed E-state index contributed by atoms with van der Waals surface area (Å²) >= 11 is 0. The molecule has 1 aliphatic rings. The van der Waals surface area contributed by atoms with Crippen molar-refractivity contribution in [2.75, 3.05) is 37.8 Å².